The zero-order valence-electron chi connectivity index (χ0n) is 21.9. The molecule has 2 atom stereocenters. The molecular formula is C26H29FN8O4. The second-order valence-electron chi connectivity index (χ2n) is 9.82. The zero-order valence-corrected chi connectivity index (χ0v) is 21.9. The van der Waals surface area contributed by atoms with E-state index in [9.17, 15) is 9.59 Å². The fraction of sp³-hybridized carbons (Fsp3) is 0.385. The van der Waals surface area contributed by atoms with Crippen molar-refractivity contribution in [2.75, 3.05) is 45.7 Å². The lowest BCUT2D eigenvalue weighted by Crippen LogP contribution is -2.39. The molecule has 2 aliphatic heterocycles. The second kappa shape index (κ2) is 11.2. The van der Waals surface area contributed by atoms with Crippen LogP contribution in [-0.2, 0) is 20.9 Å². The predicted octanol–water partition coefficient (Wildman–Crippen LogP) is 2.02. The fourth-order valence-corrected chi connectivity index (χ4v) is 4.47. The van der Waals surface area contributed by atoms with Crippen molar-refractivity contribution in [1.29, 1.82) is 0 Å². The number of ether oxygens (including phenoxy) is 1. The number of anilines is 1. The van der Waals surface area contributed by atoms with Gasteiger partial charge >= 0.3 is 6.09 Å². The number of cyclic esters (lactones) is 1. The van der Waals surface area contributed by atoms with Gasteiger partial charge in [0.2, 0.25) is 5.91 Å². The topological polar surface area (TPSA) is 118 Å². The number of pyridine rings is 1. The van der Waals surface area contributed by atoms with Gasteiger partial charge in [0.1, 0.15) is 17.6 Å². The molecule has 1 saturated heterocycles. The standard InChI is InChI=1S/C26H29FN8O4/c1-32(2)16-25(36)33(3)13-19-11-24(30-39-19)23-7-4-17(12-28-23)21-6-5-18(10-22(21)27)35-15-20(38-26(35)37)14-34-9-8-29-31-34/h4-10,12,19-20H,11,13-16H2,1-3H3/t19-,20-/m0/s1. The van der Waals surface area contributed by atoms with Crippen LogP contribution in [0, 0.1) is 5.82 Å². The van der Waals surface area contributed by atoms with Crippen LogP contribution in [-0.4, -0.2) is 100 Å². The van der Waals surface area contributed by atoms with Crippen LogP contribution in [0.1, 0.15) is 12.1 Å². The first-order valence-electron chi connectivity index (χ1n) is 12.5. The maximum Gasteiger partial charge on any atom is 0.414 e. The fourth-order valence-electron chi connectivity index (χ4n) is 4.47. The van der Waals surface area contributed by atoms with Crippen LogP contribution in [0.2, 0.25) is 0 Å². The van der Waals surface area contributed by atoms with Gasteiger partial charge in [-0.1, -0.05) is 16.4 Å². The first-order chi connectivity index (χ1) is 18.8. The Bertz CT molecular complexity index is 1360. The SMILES string of the molecule is CN(C)CC(=O)N(C)C[C@@H]1CC(c2ccc(-c3ccc(N4C[C@H](Cn5ccnn5)OC4=O)cc3F)cn2)=NO1. The number of amides is 2. The molecule has 0 bridgehead atoms. The molecule has 2 amide bonds. The van der Waals surface area contributed by atoms with Crippen molar-refractivity contribution in [2.45, 2.75) is 25.2 Å². The van der Waals surface area contributed by atoms with E-state index in [1.165, 1.54) is 11.0 Å². The Morgan fingerprint density at radius 3 is 2.72 bits per heavy atom. The highest BCUT2D eigenvalue weighted by Crippen LogP contribution is 2.29. The van der Waals surface area contributed by atoms with Gasteiger partial charge in [-0.3, -0.25) is 14.7 Å². The van der Waals surface area contributed by atoms with E-state index in [1.807, 2.05) is 19.0 Å². The minimum atomic E-state index is -0.538. The number of halogens is 1. The number of carbonyl (C=O) groups is 2. The van der Waals surface area contributed by atoms with Gasteiger partial charge in [0.05, 0.1) is 43.8 Å². The Hall–Kier alpha value is -4.39. The van der Waals surface area contributed by atoms with Gasteiger partial charge in [-0.25, -0.2) is 13.9 Å². The quantitative estimate of drug-likeness (QED) is 0.408. The first-order valence-corrected chi connectivity index (χ1v) is 12.5. The summed E-state index contributed by atoms with van der Waals surface area (Å²) in [6.07, 6.45) is 4.11. The maximum absolute atomic E-state index is 15.1. The first kappa shape index (κ1) is 26.2. The number of nitrogens with zero attached hydrogens (tertiary/aromatic N) is 8. The molecule has 3 aromatic rings. The van der Waals surface area contributed by atoms with Crippen molar-refractivity contribution in [3.63, 3.8) is 0 Å². The van der Waals surface area contributed by atoms with Gasteiger partial charge in [0.25, 0.3) is 0 Å². The van der Waals surface area contributed by atoms with Gasteiger partial charge in [0, 0.05) is 37.0 Å². The molecule has 39 heavy (non-hydrogen) atoms. The van der Waals surface area contributed by atoms with E-state index < -0.39 is 18.0 Å². The molecule has 0 saturated carbocycles. The number of benzene rings is 1. The van der Waals surface area contributed by atoms with E-state index >= 15 is 4.39 Å². The summed E-state index contributed by atoms with van der Waals surface area (Å²) in [5, 5.41) is 11.8. The number of hydrogen-bond acceptors (Lipinski definition) is 9. The average molecular weight is 537 g/mol. The summed E-state index contributed by atoms with van der Waals surface area (Å²) in [6.45, 7) is 1.38. The van der Waals surface area contributed by atoms with E-state index in [-0.39, 0.29) is 18.6 Å². The molecular weight excluding hydrogens is 507 g/mol. The molecule has 2 aromatic heterocycles. The Kier molecular flexibility index (Phi) is 7.50. The summed E-state index contributed by atoms with van der Waals surface area (Å²) in [5.41, 5.74) is 2.64. The summed E-state index contributed by atoms with van der Waals surface area (Å²) in [5.74, 6) is -0.484. The summed E-state index contributed by atoms with van der Waals surface area (Å²) >= 11 is 0. The minimum absolute atomic E-state index is 0.000737. The van der Waals surface area contributed by atoms with Crippen molar-refractivity contribution in [3.8, 4) is 11.1 Å². The molecule has 2 aliphatic rings. The van der Waals surface area contributed by atoms with Crippen molar-refractivity contribution >= 4 is 23.4 Å². The number of aromatic nitrogens is 4. The monoisotopic (exact) mass is 536 g/mol. The third-order valence-electron chi connectivity index (χ3n) is 6.46. The third-order valence-corrected chi connectivity index (χ3v) is 6.46. The number of oxime groups is 1. The van der Waals surface area contributed by atoms with Crippen LogP contribution < -0.4 is 4.90 Å². The number of carbonyl (C=O) groups excluding carboxylic acids is 2. The van der Waals surface area contributed by atoms with Crippen LogP contribution in [0.15, 0.2) is 54.1 Å². The van der Waals surface area contributed by atoms with Crippen LogP contribution in [0.25, 0.3) is 11.1 Å². The molecule has 0 unspecified atom stereocenters. The van der Waals surface area contributed by atoms with Crippen molar-refractivity contribution in [1.82, 2.24) is 29.8 Å². The minimum Gasteiger partial charge on any atom is -0.442 e. The van der Waals surface area contributed by atoms with Crippen molar-refractivity contribution < 1.29 is 23.6 Å². The van der Waals surface area contributed by atoms with E-state index in [0.717, 1.165) is 0 Å². The Labute approximate surface area is 224 Å². The van der Waals surface area contributed by atoms with E-state index in [2.05, 4.69) is 20.5 Å². The molecule has 4 heterocycles. The molecule has 0 radical (unpaired) electrons. The van der Waals surface area contributed by atoms with E-state index in [0.29, 0.717) is 54.3 Å². The highest BCUT2D eigenvalue weighted by molar-refractivity contribution is 6.00. The van der Waals surface area contributed by atoms with Crippen molar-refractivity contribution in [3.05, 3.63) is 60.4 Å². The molecule has 0 spiro atoms. The summed E-state index contributed by atoms with van der Waals surface area (Å²) in [6, 6.07) is 8.14. The zero-order chi connectivity index (χ0) is 27.5. The van der Waals surface area contributed by atoms with Crippen LogP contribution >= 0.6 is 0 Å². The number of rotatable bonds is 9. The van der Waals surface area contributed by atoms with Crippen LogP contribution in [0.3, 0.4) is 0 Å². The van der Waals surface area contributed by atoms with Crippen LogP contribution in [0.4, 0.5) is 14.9 Å². The largest absolute Gasteiger partial charge is 0.442 e. The van der Waals surface area contributed by atoms with Crippen LogP contribution in [0.5, 0.6) is 0 Å². The van der Waals surface area contributed by atoms with Gasteiger partial charge in [-0.2, -0.15) is 0 Å². The lowest BCUT2D eigenvalue weighted by Gasteiger charge is -2.21. The Morgan fingerprint density at radius 2 is 2.03 bits per heavy atom. The van der Waals surface area contributed by atoms with Gasteiger partial charge < -0.3 is 19.4 Å². The molecule has 1 aromatic carbocycles. The molecule has 204 valence electrons. The molecule has 0 N–H and O–H groups in total. The number of hydrogen-bond donors (Lipinski definition) is 0. The van der Waals surface area contributed by atoms with Crippen molar-refractivity contribution in [2.24, 2.45) is 5.16 Å². The highest BCUT2D eigenvalue weighted by Gasteiger charge is 2.33. The summed E-state index contributed by atoms with van der Waals surface area (Å²) in [7, 11) is 5.43. The summed E-state index contributed by atoms with van der Waals surface area (Å²) < 4.78 is 22.1. The Balaban J connectivity index is 1.20. The average Bonchev–Trinajstić information content (AvgIpc) is 3.66. The molecule has 12 nitrogen and oxygen atoms in total. The van der Waals surface area contributed by atoms with Gasteiger partial charge in [-0.15, -0.1) is 5.10 Å². The normalized spacial score (nSPS) is 18.7. The molecule has 13 heteroatoms. The lowest BCUT2D eigenvalue weighted by atomic mass is 10.0. The summed E-state index contributed by atoms with van der Waals surface area (Å²) in [4.78, 5) is 39.4. The van der Waals surface area contributed by atoms with E-state index in [1.54, 1.807) is 59.5 Å². The lowest BCUT2D eigenvalue weighted by molar-refractivity contribution is -0.132. The smallest absolute Gasteiger partial charge is 0.414 e. The second-order valence-corrected chi connectivity index (χ2v) is 9.82. The highest BCUT2D eigenvalue weighted by atomic mass is 19.1. The number of likely N-dealkylation sites (N-methyl/N-ethyl adjacent to an activating group) is 2. The molecule has 0 aliphatic carbocycles. The molecule has 5 rings (SSSR count). The van der Waals surface area contributed by atoms with Gasteiger partial charge in [-0.05, 0) is 38.4 Å². The maximum atomic E-state index is 15.1. The van der Waals surface area contributed by atoms with Gasteiger partial charge in [0.15, 0.2) is 6.10 Å². The molecule has 1 fully saturated rings. The van der Waals surface area contributed by atoms with E-state index in [4.69, 9.17) is 9.57 Å². The Morgan fingerprint density at radius 1 is 1.18 bits per heavy atom. The predicted molar refractivity (Wildman–Crippen MR) is 139 cm³/mol. The third kappa shape index (κ3) is 6.03.